The van der Waals surface area contributed by atoms with Crippen LogP contribution in [0.25, 0.3) is 0 Å². The average molecular weight is 327 g/mol. The Kier molecular flexibility index (Phi) is 4.38. The van der Waals surface area contributed by atoms with E-state index in [1.54, 1.807) is 0 Å². The molecule has 23 heavy (non-hydrogen) atoms. The van der Waals surface area contributed by atoms with Gasteiger partial charge < -0.3 is 0 Å². The molecular weight excluding hydrogens is 303 g/mol. The number of halogens is 3. The zero-order valence-electron chi connectivity index (χ0n) is 13.7. The van der Waals surface area contributed by atoms with Crippen molar-refractivity contribution >= 4 is 0 Å². The van der Waals surface area contributed by atoms with Gasteiger partial charge >= 0.3 is 6.18 Å². The smallest absolute Gasteiger partial charge is 0.294 e. The van der Waals surface area contributed by atoms with E-state index in [-0.39, 0.29) is 0 Å². The number of nitrogens with zero attached hydrogens (tertiary/aromatic N) is 3. The average Bonchev–Trinajstić information content (AvgIpc) is 3.05. The quantitative estimate of drug-likeness (QED) is 0.834. The van der Waals surface area contributed by atoms with Crippen molar-refractivity contribution in [2.45, 2.75) is 70.1 Å². The minimum atomic E-state index is -4.41. The van der Waals surface area contributed by atoms with Gasteiger partial charge in [-0.1, -0.05) is 13.8 Å². The summed E-state index contributed by atoms with van der Waals surface area (Å²) in [5.74, 6) is 0.654. The van der Waals surface area contributed by atoms with E-state index < -0.39 is 11.9 Å². The van der Waals surface area contributed by atoms with Crippen molar-refractivity contribution < 1.29 is 13.2 Å². The maximum absolute atomic E-state index is 12.5. The van der Waals surface area contributed by atoms with Crippen molar-refractivity contribution in [2.24, 2.45) is 5.92 Å². The molecule has 0 aromatic carbocycles. The van der Waals surface area contributed by atoms with Crippen LogP contribution in [0.4, 0.5) is 13.2 Å². The standard InChI is InChI=1S/C17H24F3N3/c1-12(2)16-7-3-9-23(16)14(6-8-16)5-4-13-10-22-15(11-21-13)17(18,19)20/h10-12,14H,3-9H2,1-2H3. The minimum absolute atomic E-state index is 0.358. The molecule has 0 N–H and O–H groups in total. The summed E-state index contributed by atoms with van der Waals surface area (Å²) < 4.78 is 37.5. The summed E-state index contributed by atoms with van der Waals surface area (Å²) in [5.41, 5.74) is 0.0935. The normalized spacial score (nSPS) is 28.5. The molecule has 3 nitrogen and oxygen atoms in total. The molecule has 0 saturated carbocycles. The Labute approximate surface area is 135 Å². The number of aryl methyl sites for hydroxylation is 1. The van der Waals surface area contributed by atoms with Gasteiger partial charge in [0.15, 0.2) is 5.69 Å². The Bertz CT molecular complexity index is 541. The lowest BCUT2D eigenvalue weighted by Gasteiger charge is -2.38. The zero-order chi connectivity index (χ0) is 16.7. The number of hydrogen-bond donors (Lipinski definition) is 0. The van der Waals surface area contributed by atoms with Gasteiger partial charge in [0.05, 0.1) is 11.9 Å². The Morgan fingerprint density at radius 3 is 2.65 bits per heavy atom. The molecule has 0 bridgehead atoms. The zero-order valence-corrected chi connectivity index (χ0v) is 13.7. The number of aromatic nitrogens is 2. The minimum Gasteiger partial charge on any atom is -0.294 e. The highest BCUT2D eigenvalue weighted by Crippen LogP contribution is 2.47. The van der Waals surface area contributed by atoms with Crippen LogP contribution >= 0.6 is 0 Å². The number of fused-ring (bicyclic) bond motifs is 1. The van der Waals surface area contributed by atoms with E-state index in [4.69, 9.17) is 0 Å². The lowest BCUT2D eigenvalue weighted by atomic mass is 9.83. The van der Waals surface area contributed by atoms with Gasteiger partial charge in [-0.05, 0) is 51.0 Å². The first-order chi connectivity index (χ1) is 10.8. The molecule has 2 fully saturated rings. The van der Waals surface area contributed by atoms with Crippen molar-refractivity contribution in [3.05, 3.63) is 23.8 Å². The Morgan fingerprint density at radius 2 is 2.04 bits per heavy atom. The predicted molar refractivity (Wildman–Crippen MR) is 81.9 cm³/mol. The molecule has 0 radical (unpaired) electrons. The summed E-state index contributed by atoms with van der Waals surface area (Å²) in [5, 5.41) is 0. The largest absolute Gasteiger partial charge is 0.434 e. The highest BCUT2D eigenvalue weighted by Gasteiger charge is 2.50. The summed E-state index contributed by atoms with van der Waals surface area (Å²) in [6.07, 6.45) is 4.32. The molecule has 0 aliphatic carbocycles. The first-order valence-corrected chi connectivity index (χ1v) is 8.48. The van der Waals surface area contributed by atoms with E-state index in [1.807, 2.05) is 0 Å². The lowest BCUT2D eigenvalue weighted by molar-refractivity contribution is -0.141. The highest BCUT2D eigenvalue weighted by atomic mass is 19.4. The van der Waals surface area contributed by atoms with Crippen molar-refractivity contribution in [3.8, 4) is 0 Å². The van der Waals surface area contributed by atoms with Gasteiger partial charge in [-0.25, -0.2) is 4.98 Å². The van der Waals surface area contributed by atoms with E-state index in [2.05, 4.69) is 28.7 Å². The second-order valence-electron chi connectivity index (χ2n) is 7.18. The van der Waals surface area contributed by atoms with Crippen LogP contribution < -0.4 is 0 Å². The molecule has 1 aromatic heterocycles. The Hall–Kier alpha value is -1.17. The van der Waals surface area contributed by atoms with E-state index >= 15 is 0 Å². The fraction of sp³-hybridized carbons (Fsp3) is 0.765. The number of alkyl halides is 3. The monoisotopic (exact) mass is 327 g/mol. The molecule has 0 amide bonds. The van der Waals surface area contributed by atoms with Gasteiger partial charge in [0.25, 0.3) is 0 Å². The number of hydrogen-bond acceptors (Lipinski definition) is 3. The van der Waals surface area contributed by atoms with Crippen molar-refractivity contribution in [3.63, 3.8) is 0 Å². The fourth-order valence-electron chi connectivity index (χ4n) is 4.46. The summed E-state index contributed by atoms with van der Waals surface area (Å²) in [6, 6.07) is 0.531. The topological polar surface area (TPSA) is 29.0 Å². The van der Waals surface area contributed by atoms with E-state index in [1.165, 1.54) is 31.9 Å². The highest BCUT2D eigenvalue weighted by molar-refractivity contribution is 5.08. The lowest BCUT2D eigenvalue weighted by Crippen LogP contribution is -2.46. The third-order valence-electron chi connectivity index (χ3n) is 5.74. The van der Waals surface area contributed by atoms with E-state index in [0.717, 1.165) is 19.2 Å². The third kappa shape index (κ3) is 3.10. The van der Waals surface area contributed by atoms with E-state index in [0.29, 0.717) is 29.6 Å². The first-order valence-electron chi connectivity index (χ1n) is 8.48. The summed E-state index contributed by atoms with van der Waals surface area (Å²) >= 11 is 0. The van der Waals surface area contributed by atoms with Gasteiger partial charge in [0.1, 0.15) is 0 Å². The van der Waals surface area contributed by atoms with Crippen LogP contribution in [-0.2, 0) is 12.6 Å². The van der Waals surface area contributed by atoms with Gasteiger partial charge in [0.2, 0.25) is 0 Å². The summed E-state index contributed by atoms with van der Waals surface area (Å²) in [6.45, 7) is 5.77. The van der Waals surface area contributed by atoms with Crippen molar-refractivity contribution in [1.82, 2.24) is 14.9 Å². The molecule has 3 rings (SSSR count). The van der Waals surface area contributed by atoms with Crippen LogP contribution in [0, 0.1) is 5.92 Å². The van der Waals surface area contributed by atoms with Gasteiger partial charge in [-0.2, -0.15) is 13.2 Å². The maximum atomic E-state index is 12.5. The Morgan fingerprint density at radius 1 is 1.26 bits per heavy atom. The molecule has 2 saturated heterocycles. The molecule has 2 unspecified atom stereocenters. The van der Waals surface area contributed by atoms with Crippen LogP contribution in [-0.4, -0.2) is 33.0 Å². The molecule has 3 heterocycles. The van der Waals surface area contributed by atoms with Crippen LogP contribution in [0.3, 0.4) is 0 Å². The predicted octanol–water partition coefficient (Wildman–Crippen LogP) is 4.08. The first kappa shape index (κ1) is 16.7. The second kappa shape index (κ2) is 6.04. The van der Waals surface area contributed by atoms with Gasteiger partial charge in [0, 0.05) is 17.8 Å². The van der Waals surface area contributed by atoms with Gasteiger partial charge in [-0.3, -0.25) is 9.88 Å². The van der Waals surface area contributed by atoms with Gasteiger partial charge in [-0.15, -0.1) is 0 Å². The molecule has 128 valence electrons. The van der Waals surface area contributed by atoms with Crippen LogP contribution in [0.15, 0.2) is 12.4 Å². The van der Waals surface area contributed by atoms with Crippen LogP contribution in [0.1, 0.15) is 57.3 Å². The molecule has 0 spiro atoms. The summed E-state index contributed by atoms with van der Waals surface area (Å²) in [7, 11) is 0. The molecule has 1 aromatic rings. The number of rotatable bonds is 4. The molecule has 6 heteroatoms. The van der Waals surface area contributed by atoms with Crippen LogP contribution in [0.5, 0.6) is 0 Å². The molecular formula is C17H24F3N3. The molecule has 2 aliphatic rings. The Balaban J connectivity index is 1.61. The second-order valence-corrected chi connectivity index (χ2v) is 7.18. The molecule has 2 aliphatic heterocycles. The third-order valence-corrected chi connectivity index (χ3v) is 5.74. The van der Waals surface area contributed by atoms with Crippen molar-refractivity contribution in [2.75, 3.05) is 6.54 Å². The maximum Gasteiger partial charge on any atom is 0.434 e. The summed E-state index contributed by atoms with van der Waals surface area (Å²) in [4.78, 5) is 10.1. The van der Waals surface area contributed by atoms with Crippen LogP contribution in [0.2, 0.25) is 0 Å². The fourth-order valence-corrected chi connectivity index (χ4v) is 4.46. The SMILES string of the molecule is CC(C)C12CCCN1C(CCc1cnc(C(F)(F)F)cn1)CC2. The van der Waals surface area contributed by atoms with Crippen molar-refractivity contribution in [1.29, 1.82) is 0 Å². The van der Waals surface area contributed by atoms with E-state index in [9.17, 15) is 13.2 Å². The molecule has 2 atom stereocenters.